The largest absolute Gasteiger partial charge is 0.287 e. The number of nitrogens with zero attached hydrogens (tertiary/aromatic N) is 1. The number of unbranched alkanes of at least 4 members (excludes halogenated alkanes) is 6. The summed E-state index contributed by atoms with van der Waals surface area (Å²) >= 11 is 0. The molecular weight excluding hydrogens is 290 g/mol. The van der Waals surface area contributed by atoms with Crippen molar-refractivity contribution in [1.82, 2.24) is 0 Å². The lowest BCUT2D eigenvalue weighted by Crippen LogP contribution is -2.09. The van der Waals surface area contributed by atoms with Crippen LogP contribution in [0.4, 0.5) is 5.69 Å². The molecule has 1 aromatic rings. The number of sulfone groups is 1. The number of nitro benzene ring substituents is 1. The van der Waals surface area contributed by atoms with Crippen molar-refractivity contribution in [3.05, 3.63) is 34.4 Å². The van der Waals surface area contributed by atoms with Crippen molar-refractivity contribution in [2.75, 3.05) is 5.75 Å². The topological polar surface area (TPSA) is 77.3 Å². The van der Waals surface area contributed by atoms with Gasteiger partial charge in [-0.2, -0.15) is 0 Å². The normalized spacial score (nSPS) is 11.5. The van der Waals surface area contributed by atoms with Crippen molar-refractivity contribution in [3.63, 3.8) is 0 Å². The number of para-hydroxylation sites is 1. The van der Waals surface area contributed by atoms with Crippen molar-refractivity contribution in [3.8, 4) is 0 Å². The standard InChI is InChI=1S/C15H23NO4S/c1-2-3-4-5-6-7-10-13-21(19,20)15-12-9-8-11-14(15)16(17)18/h8-9,11-12H,2-7,10,13H2,1H3. The third kappa shape index (κ3) is 5.83. The molecule has 0 fully saturated rings. The molecule has 1 rings (SSSR count). The fourth-order valence-corrected chi connectivity index (χ4v) is 3.78. The fourth-order valence-electron chi connectivity index (χ4n) is 2.23. The lowest BCUT2D eigenvalue weighted by atomic mass is 10.1. The molecule has 0 aromatic heterocycles. The smallest absolute Gasteiger partial charge is 0.258 e. The molecule has 0 unspecified atom stereocenters. The van der Waals surface area contributed by atoms with Crippen LogP contribution in [0.1, 0.15) is 51.9 Å². The van der Waals surface area contributed by atoms with E-state index in [1.807, 2.05) is 0 Å². The lowest BCUT2D eigenvalue weighted by Gasteiger charge is -2.05. The summed E-state index contributed by atoms with van der Waals surface area (Å²) in [4.78, 5) is 10.1. The molecule has 5 nitrogen and oxygen atoms in total. The quantitative estimate of drug-likeness (QED) is 0.370. The summed E-state index contributed by atoms with van der Waals surface area (Å²) in [5.74, 6) is -0.0222. The van der Waals surface area contributed by atoms with Gasteiger partial charge in [-0.25, -0.2) is 8.42 Å². The molecule has 0 saturated carbocycles. The highest BCUT2D eigenvalue weighted by atomic mass is 32.2. The van der Waals surface area contributed by atoms with Gasteiger partial charge in [0.2, 0.25) is 0 Å². The van der Waals surface area contributed by atoms with Crippen molar-refractivity contribution in [2.24, 2.45) is 0 Å². The van der Waals surface area contributed by atoms with Gasteiger partial charge in [0.05, 0.1) is 10.7 Å². The maximum atomic E-state index is 12.2. The van der Waals surface area contributed by atoms with Crippen LogP contribution in [0.3, 0.4) is 0 Å². The Morgan fingerprint density at radius 2 is 1.57 bits per heavy atom. The van der Waals surface area contributed by atoms with E-state index >= 15 is 0 Å². The van der Waals surface area contributed by atoms with Gasteiger partial charge in [-0.15, -0.1) is 0 Å². The maximum Gasteiger partial charge on any atom is 0.287 e. The highest BCUT2D eigenvalue weighted by molar-refractivity contribution is 7.91. The number of rotatable bonds is 10. The van der Waals surface area contributed by atoms with Crippen LogP contribution in [0.5, 0.6) is 0 Å². The van der Waals surface area contributed by atoms with Crippen LogP contribution in [-0.2, 0) is 9.84 Å². The van der Waals surface area contributed by atoms with Gasteiger partial charge < -0.3 is 0 Å². The van der Waals surface area contributed by atoms with E-state index in [0.29, 0.717) is 6.42 Å². The molecule has 118 valence electrons. The molecule has 0 amide bonds. The van der Waals surface area contributed by atoms with Crippen LogP contribution in [0.25, 0.3) is 0 Å². The molecule has 0 bridgehead atoms. The minimum atomic E-state index is -3.58. The predicted molar refractivity (Wildman–Crippen MR) is 83.1 cm³/mol. The molecule has 0 spiro atoms. The number of hydrogen-bond donors (Lipinski definition) is 0. The second-order valence-electron chi connectivity index (χ2n) is 5.17. The first-order chi connectivity index (χ1) is 9.99. The van der Waals surface area contributed by atoms with Crippen molar-refractivity contribution in [1.29, 1.82) is 0 Å². The molecule has 0 N–H and O–H groups in total. The molecule has 6 heteroatoms. The predicted octanol–water partition coefficient (Wildman–Crippen LogP) is 4.12. The summed E-state index contributed by atoms with van der Waals surface area (Å²) < 4.78 is 24.4. The Bertz CT molecular complexity index is 555. The Hall–Kier alpha value is -1.43. The summed E-state index contributed by atoms with van der Waals surface area (Å²) in [5.41, 5.74) is -0.333. The average molecular weight is 313 g/mol. The minimum absolute atomic E-state index is 0.0222. The van der Waals surface area contributed by atoms with E-state index in [1.54, 1.807) is 0 Å². The highest BCUT2D eigenvalue weighted by Crippen LogP contribution is 2.24. The monoisotopic (exact) mass is 313 g/mol. The maximum absolute atomic E-state index is 12.2. The summed E-state index contributed by atoms with van der Waals surface area (Å²) in [6.07, 6.45) is 7.14. The van der Waals surface area contributed by atoms with E-state index in [4.69, 9.17) is 0 Å². The number of nitro groups is 1. The van der Waals surface area contributed by atoms with Crippen molar-refractivity contribution < 1.29 is 13.3 Å². The molecule has 21 heavy (non-hydrogen) atoms. The zero-order chi connectivity index (χ0) is 15.7. The van der Waals surface area contributed by atoms with E-state index < -0.39 is 14.8 Å². The summed E-state index contributed by atoms with van der Waals surface area (Å²) in [7, 11) is -3.58. The van der Waals surface area contributed by atoms with Gasteiger partial charge in [0.1, 0.15) is 4.90 Å². The van der Waals surface area contributed by atoms with Crippen LogP contribution in [0, 0.1) is 10.1 Å². The second-order valence-corrected chi connectivity index (χ2v) is 7.24. The summed E-state index contributed by atoms with van der Waals surface area (Å²) in [5, 5.41) is 10.9. The van der Waals surface area contributed by atoms with Crippen LogP contribution >= 0.6 is 0 Å². The Balaban J connectivity index is 2.53. The molecule has 0 aliphatic carbocycles. The van der Waals surface area contributed by atoms with E-state index in [-0.39, 0.29) is 16.3 Å². The zero-order valence-electron chi connectivity index (χ0n) is 12.5. The lowest BCUT2D eigenvalue weighted by molar-refractivity contribution is -0.387. The molecule has 0 aliphatic rings. The molecular formula is C15H23NO4S. The van der Waals surface area contributed by atoms with Gasteiger partial charge in [-0.3, -0.25) is 10.1 Å². The van der Waals surface area contributed by atoms with Crippen molar-refractivity contribution >= 4 is 15.5 Å². The molecule has 1 aromatic carbocycles. The van der Waals surface area contributed by atoms with E-state index in [9.17, 15) is 18.5 Å². The van der Waals surface area contributed by atoms with Crippen LogP contribution in [0.15, 0.2) is 29.2 Å². The van der Waals surface area contributed by atoms with Gasteiger partial charge in [0, 0.05) is 6.07 Å². The van der Waals surface area contributed by atoms with Gasteiger partial charge in [0.15, 0.2) is 9.84 Å². The first-order valence-electron chi connectivity index (χ1n) is 7.45. The summed E-state index contributed by atoms with van der Waals surface area (Å²) in [6, 6.07) is 5.54. The summed E-state index contributed by atoms with van der Waals surface area (Å²) in [6.45, 7) is 2.15. The first-order valence-corrected chi connectivity index (χ1v) is 9.10. The van der Waals surface area contributed by atoms with E-state index in [2.05, 4.69) is 6.92 Å². The van der Waals surface area contributed by atoms with Crippen LogP contribution < -0.4 is 0 Å². The van der Waals surface area contributed by atoms with Gasteiger partial charge in [0.25, 0.3) is 5.69 Å². The number of hydrogen-bond acceptors (Lipinski definition) is 4. The van der Waals surface area contributed by atoms with E-state index in [1.165, 1.54) is 43.5 Å². The number of benzene rings is 1. The molecule has 0 aliphatic heterocycles. The average Bonchev–Trinajstić information content (AvgIpc) is 2.46. The van der Waals surface area contributed by atoms with Crippen LogP contribution in [0.2, 0.25) is 0 Å². The molecule has 0 radical (unpaired) electrons. The van der Waals surface area contributed by atoms with E-state index in [0.717, 1.165) is 19.3 Å². The van der Waals surface area contributed by atoms with Gasteiger partial charge >= 0.3 is 0 Å². The molecule has 0 saturated heterocycles. The Morgan fingerprint density at radius 3 is 2.19 bits per heavy atom. The molecule has 0 atom stereocenters. The zero-order valence-corrected chi connectivity index (χ0v) is 13.3. The van der Waals surface area contributed by atoms with Crippen molar-refractivity contribution in [2.45, 2.75) is 56.8 Å². The molecule has 0 heterocycles. The van der Waals surface area contributed by atoms with Crippen LogP contribution in [-0.4, -0.2) is 19.1 Å². The second kappa shape index (κ2) is 8.77. The minimum Gasteiger partial charge on any atom is -0.258 e. The van der Waals surface area contributed by atoms with Gasteiger partial charge in [-0.05, 0) is 12.5 Å². The Labute approximate surface area is 126 Å². The Kier molecular flexibility index (Phi) is 7.36. The fraction of sp³-hybridized carbons (Fsp3) is 0.600. The third-order valence-electron chi connectivity index (χ3n) is 3.41. The third-order valence-corrected chi connectivity index (χ3v) is 5.26. The first kappa shape index (κ1) is 17.6. The Morgan fingerprint density at radius 1 is 1.00 bits per heavy atom. The van der Waals surface area contributed by atoms with Gasteiger partial charge in [-0.1, -0.05) is 57.6 Å². The SMILES string of the molecule is CCCCCCCCCS(=O)(=O)c1ccccc1[N+](=O)[O-]. The highest BCUT2D eigenvalue weighted by Gasteiger charge is 2.24.